The number of aromatic amines is 1. The molecule has 1 aromatic carbocycles. The molecule has 0 atom stereocenters. The van der Waals surface area contributed by atoms with Gasteiger partial charge in [-0.1, -0.05) is 0 Å². The molecule has 92 valence electrons. The first-order valence-corrected chi connectivity index (χ1v) is 5.71. The first kappa shape index (κ1) is 12.1. The fourth-order valence-corrected chi connectivity index (χ4v) is 1.81. The van der Waals surface area contributed by atoms with Crippen LogP contribution in [0.4, 0.5) is 5.69 Å². The van der Waals surface area contributed by atoms with E-state index in [0.717, 1.165) is 22.5 Å². The van der Waals surface area contributed by atoms with Crippen molar-refractivity contribution in [1.29, 1.82) is 5.26 Å². The van der Waals surface area contributed by atoms with Gasteiger partial charge in [-0.05, 0) is 25.1 Å². The zero-order valence-corrected chi connectivity index (χ0v) is 10.4. The zero-order chi connectivity index (χ0) is 13.1. The Morgan fingerprint density at radius 3 is 3.06 bits per heavy atom. The van der Waals surface area contributed by atoms with Crippen LogP contribution in [-0.4, -0.2) is 22.9 Å². The summed E-state index contributed by atoms with van der Waals surface area (Å²) < 4.78 is 0. The fraction of sp³-hybridized carbons (Fsp3) is 0.308. The van der Waals surface area contributed by atoms with Crippen molar-refractivity contribution in [3.05, 3.63) is 24.0 Å². The van der Waals surface area contributed by atoms with Gasteiger partial charge in [0, 0.05) is 25.6 Å². The zero-order valence-electron chi connectivity index (χ0n) is 10.4. The molecule has 18 heavy (non-hydrogen) atoms. The van der Waals surface area contributed by atoms with Crippen LogP contribution < -0.4 is 4.90 Å². The molecule has 0 aliphatic rings. The van der Waals surface area contributed by atoms with E-state index in [9.17, 15) is 4.79 Å². The molecule has 0 aliphatic heterocycles. The molecule has 0 saturated carbocycles. The van der Waals surface area contributed by atoms with Crippen LogP contribution in [0.3, 0.4) is 0 Å². The molecule has 1 amide bonds. The molecule has 0 bridgehead atoms. The number of carbonyl (C=O) groups excluding carboxylic acids is 1. The number of anilines is 1. The average molecular weight is 242 g/mol. The Bertz CT molecular complexity index is 623. The van der Waals surface area contributed by atoms with Crippen LogP contribution in [0.15, 0.2) is 18.2 Å². The lowest BCUT2D eigenvalue weighted by molar-refractivity contribution is -0.118. The number of aryl methyl sites for hydroxylation is 1. The molecule has 5 heteroatoms. The lowest BCUT2D eigenvalue weighted by atomic mass is 10.2. The van der Waals surface area contributed by atoms with Gasteiger partial charge in [0.1, 0.15) is 5.82 Å². The molecule has 1 N–H and O–H groups in total. The summed E-state index contributed by atoms with van der Waals surface area (Å²) in [5, 5.41) is 8.48. The quantitative estimate of drug-likeness (QED) is 0.896. The van der Waals surface area contributed by atoms with E-state index < -0.39 is 0 Å². The van der Waals surface area contributed by atoms with Crippen LogP contribution in [-0.2, 0) is 4.79 Å². The van der Waals surface area contributed by atoms with Gasteiger partial charge in [-0.2, -0.15) is 5.26 Å². The Morgan fingerprint density at radius 2 is 2.33 bits per heavy atom. The third kappa shape index (κ3) is 2.33. The van der Waals surface area contributed by atoms with Crippen molar-refractivity contribution in [1.82, 2.24) is 9.97 Å². The molecule has 2 aromatic rings. The predicted molar refractivity (Wildman–Crippen MR) is 69.1 cm³/mol. The number of fused-ring (bicyclic) bond motifs is 1. The average Bonchev–Trinajstić information content (AvgIpc) is 2.73. The van der Waals surface area contributed by atoms with E-state index in [4.69, 9.17) is 5.26 Å². The van der Waals surface area contributed by atoms with Crippen molar-refractivity contribution < 1.29 is 4.79 Å². The number of amides is 1. The maximum atomic E-state index is 11.8. The van der Waals surface area contributed by atoms with Gasteiger partial charge < -0.3 is 9.88 Å². The molecule has 1 heterocycles. The molecule has 0 spiro atoms. The van der Waals surface area contributed by atoms with Crippen molar-refractivity contribution in [2.24, 2.45) is 0 Å². The fourth-order valence-electron chi connectivity index (χ4n) is 1.81. The second kappa shape index (κ2) is 4.88. The van der Waals surface area contributed by atoms with Crippen LogP contribution in [0.25, 0.3) is 11.0 Å². The summed E-state index contributed by atoms with van der Waals surface area (Å²) in [7, 11) is 1.71. The summed E-state index contributed by atoms with van der Waals surface area (Å²) in [5.74, 6) is 0.785. The van der Waals surface area contributed by atoms with E-state index in [1.807, 2.05) is 31.2 Å². The number of rotatable bonds is 3. The molecular weight excluding hydrogens is 228 g/mol. The first-order chi connectivity index (χ1) is 8.61. The van der Waals surface area contributed by atoms with E-state index in [1.165, 1.54) is 0 Å². The number of carbonyl (C=O) groups is 1. The minimum atomic E-state index is -0.0628. The van der Waals surface area contributed by atoms with Crippen LogP contribution in [0, 0.1) is 18.3 Å². The molecule has 0 fully saturated rings. The SMILES string of the molecule is Cc1nc2ccc(N(C)C(=O)CCC#N)cc2[nH]1. The van der Waals surface area contributed by atoms with Gasteiger partial charge in [-0.15, -0.1) is 0 Å². The van der Waals surface area contributed by atoms with Gasteiger partial charge in [0.15, 0.2) is 0 Å². The molecule has 0 saturated heterocycles. The Hall–Kier alpha value is -2.35. The van der Waals surface area contributed by atoms with Crippen molar-refractivity contribution in [3.63, 3.8) is 0 Å². The summed E-state index contributed by atoms with van der Waals surface area (Å²) in [6.45, 7) is 1.89. The molecule has 0 radical (unpaired) electrons. The number of nitriles is 1. The topological polar surface area (TPSA) is 72.8 Å². The Balaban J connectivity index is 2.25. The lowest BCUT2D eigenvalue weighted by Crippen LogP contribution is -2.25. The van der Waals surface area contributed by atoms with Gasteiger partial charge in [0.2, 0.25) is 5.91 Å². The molecule has 0 unspecified atom stereocenters. The van der Waals surface area contributed by atoms with Crippen molar-refractivity contribution in [2.45, 2.75) is 19.8 Å². The number of nitrogens with one attached hydrogen (secondary N) is 1. The number of H-pyrrole nitrogens is 1. The summed E-state index contributed by atoms with van der Waals surface area (Å²) in [4.78, 5) is 20.8. The van der Waals surface area contributed by atoms with Gasteiger partial charge in [0.25, 0.3) is 0 Å². The van der Waals surface area contributed by atoms with E-state index in [1.54, 1.807) is 11.9 Å². The van der Waals surface area contributed by atoms with Gasteiger partial charge >= 0.3 is 0 Å². The van der Waals surface area contributed by atoms with E-state index in [2.05, 4.69) is 9.97 Å². The smallest absolute Gasteiger partial charge is 0.227 e. The van der Waals surface area contributed by atoms with Crippen LogP contribution >= 0.6 is 0 Å². The lowest BCUT2D eigenvalue weighted by Gasteiger charge is -2.16. The van der Waals surface area contributed by atoms with Crippen molar-refractivity contribution in [2.75, 3.05) is 11.9 Å². The molecule has 5 nitrogen and oxygen atoms in total. The molecular formula is C13H14N4O. The van der Waals surface area contributed by atoms with E-state index in [-0.39, 0.29) is 18.7 Å². The normalized spacial score (nSPS) is 10.3. The number of imidazole rings is 1. The predicted octanol–water partition coefficient (Wildman–Crippen LogP) is 2.14. The highest BCUT2D eigenvalue weighted by atomic mass is 16.2. The molecule has 2 rings (SSSR count). The maximum absolute atomic E-state index is 11.8. The minimum Gasteiger partial charge on any atom is -0.342 e. The van der Waals surface area contributed by atoms with Gasteiger partial charge in [-0.25, -0.2) is 4.98 Å². The highest BCUT2D eigenvalue weighted by molar-refractivity contribution is 5.94. The number of aromatic nitrogens is 2. The molecule has 0 aliphatic carbocycles. The summed E-state index contributed by atoms with van der Waals surface area (Å²) >= 11 is 0. The highest BCUT2D eigenvalue weighted by Crippen LogP contribution is 2.20. The number of benzene rings is 1. The number of nitrogens with zero attached hydrogens (tertiary/aromatic N) is 3. The minimum absolute atomic E-state index is 0.0628. The van der Waals surface area contributed by atoms with E-state index in [0.29, 0.717) is 0 Å². The van der Waals surface area contributed by atoms with Gasteiger partial charge in [-0.3, -0.25) is 4.79 Å². The Labute approximate surface area is 105 Å². The standard InChI is InChI=1S/C13H14N4O/c1-9-15-11-6-5-10(8-12(11)16-9)17(2)13(18)4-3-7-14/h5-6,8H,3-4H2,1-2H3,(H,15,16). The summed E-state index contributed by atoms with van der Waals surface area (Å²) in [6.07, 6.45) is 0.488. The van der Waals surface area contributed by atoms with Crippen molar-refractivity contribution in [3.8, 4) is 6.07 Å². The maximum Gasteiger partial charge on any atom is 0.227 e. The monoisotopic (exact) mass is 242 g/mol. The Morgan fingerprint density at radius 1 is 1.56 bits per heavy atom. The van der Waals surface area contributed by atoms with Crippen LogP contribution in [0.2, 0.25) is 0 Å². The number of hydrogen-bond acceptors (Lipinski definition) is 3. The Kier molecular flexibility index (Phi) is 3.28. The third-order valence-electron chi connectivity index (χ3n) is 2.80. The van der Waals surface area contributed by atoms with Crippen molar-refractivity contribution >= 4 is 22.6 Å². The van der Waals surface area contributed by atoms with Crippen LogP contribution in [0.5, 0.6) is 0 Å². The largest absolute Gasteiger partial charge is 0.342 e. The molecule has 1 aromatic heterocycles. The highest BCUT2D eigenvalue weighted by Gasteiger charge is 2.11. The first-order valence-electron chi connectivity index (χ1n) is 5.71. The van der Waals surface area contributed by atoms with Gasteiger partial charge in [0.05, 0.1) is 17.1 Å². The second-order valence-corrected chi connectivity index (χ2v) is 4.13. The van der Waals surface area contributed by atoms with E-state index >= 15 is 0 Å². The number of hydrogen-bond donors (Lipinski definition) is 1. The summed E-state index contributed by atoms with van der Waals surface area (Å²) in [5.41, 5.74) is 2.59. The second-order valence-electron chi connectivity index (χ2n) is 4.13. The third-order valence-corrected chi connectivity index (χ3v) is 2.80. The van der Waals surface area contributed by atoms with Crippen LogP contribution in [0.1, 0.15) is 18.7 Å². The summed E-state index contributed by atoms with van der Waals surface area (Å²) in [6, 6.07) is 7.59.